The van der Waals surface area contributed by atoms with Gasteiger partial charge in [-0.1, -0.05) is 34.1 Å². The third kappa shape index (κ3) is 4.42. The lowest BCUT2D eigenvalue weighted by Crippen LogP contribution is -2.14. The molecule has 3 rings (SSSR count). The number of carbonyl (C=O) groups is 1. The number of halogens is 1. The minimum atomic E-state index is -0.148. The van der Waals surface area contributed by atoms with E-state index < -0.39 is 0 Å². The van der Waals surface area contributed by atoms with Gasteiger partial charge in [-0.15, -0.1) is 11.3 Å². The average molecular weight is 433 g/mol. The number of aromatic nitrogens is 1. The van der Waals surface area contributed by atoms with Crippen LogP contribution in [0.25, 0.3) is 11.3 Å². The van der Waals surface area contributed by atoms with Gasteiger partial charge < -0.3 is 14.8 Å². The molecular weight excluding hydrogens is 416 g/mol. The molecule has 1 aromatic heterocycles. The van der Waals surface area contributed by atoms with Crippen LogP contribution in [0.3, 0.4) is 0 Å². The Labute approximate surface area is 164 Å². The van der Waals surface area contributed by atoms with E-state index in [0.29, 0.717) is 16.6 Å². The Kier molecular flexibility index (Phi) is 5.90. The van der Waals surface area contributed by atoms with Gasteiger partial charge in [0.2, 0.25) is 5.91 Å². The van der Waals surface area contributed by atoms with Gasteiger partial charge in [0.1, 0.15) is 11.5 Å². The molecule has 134 valence electrons. The second-order valence-corrected chi connectivity index (χ2v) is 7.22. The number of nitrogens with one attached hydrogen (secondary N) is 1. The van der Waals surface area contributed by atoms with Gasteiger partial charge in [-0.2, -0.15) is 0 Å². The first-order chi connectivity index (χ1) is 12.6. The molecule has 0 saturated heterocycles. The van der Waals surface area contributed by atoms with Crippen LogP contribution in [0, 0.1) is 0 Å². The Morgan fingerprint density at radius 3 is 2.62 bits per heavy atom. The van der Waals surface area contributed by atoms with Crippen molar-refractivity contribution in [2.45, 2.75) is 6.42 Å². The molecule has 0 saturated carbocycles. The number of hydrogen-bond donors (Lipinski definition) is 1. The van der Waals surface area contributed by atoms with Crippen LogP contribution in [0.4, 0.5) is 5.13 Å². The lowest BCUT2D eigenvalue weighted by molar-refractivity contribution is -0.115. The van der Waals surface area contributed by atoms with E-state index in [9.17, 15) is 4.79 Å². The lowest BCUT2D eigenvalue weighted by Gasteiger charge is -2.10. The molecule has 3 aromatic rings. The van der Waals surface area contributed by atoms with Gasteiger partial charge in [0.15, 0.2) is 5.13 Å². The summed E-state index contributed by atoms with van der Waals surface area (Å²) in [5.74, 6) is 1.16. The van der Waals surface area contributed by atoms with E-state index in [1.807, 2.05) is 35.7 Å². The molecule has 0 radical (unpaired) electrons. The summed E-state index contributed by atoms with van der Waals surface area (Å²) in [7, 11) is 3.16. The smallest absolute Gasteiger partial charge is 0.230 e. The van der Waals surface area contributed by atoms with Crippen LogP contribution < -0.4 is 14.8 Å². The zero-order valence-corrected chi connectivity index (χ0v) is 16.7. The fourth-order valence-corrected chi connectivity index (χ4v) is 3.42. The van der Waals surface area contributed by atoms with Crippen molar-refractivity contribution in [1.82, 2.24) is 4.98 Å². The highest BCUT2D eigenvalue weighted by atomic mass is 79.9. The minimum absolute atomic E-state index is 0.148. The standard InChI is InChI=1S/C19H17BrN2O3S/c1-24-15-8-5-13(17(10-15)25-2)9-18(23)22-19-21-16(11-26-19)12-3-6-14(20)7-4-12/h3-8,10-11H,9H2,1-2H3,(H,21,22,23). The van der Waals surface area contributed by atoms with E-state index in [1.165, 1.54) is 11.3 Å². The summed E-state index contributed by atoms with van der Waals surface area (Å²) in [4.78, 5) is 16.8. The molecule has 1 N–H and O–H groups in total. The van der Waals surface area contributed by atoms with Crippen molar-refractivity contribution in [3.8, 4) is 22.8 Å². The largest absolute Gasteiger partial charge is 0.497 e. The predicted molar refractivity (Wildman–Crippen MR) is 107 cm³/mol. The highest BCUT2D eigenvalue weighted by Crippen LogP contribution is 2.27. The van der Waals surface area contributed by atoms with Crippen molar-refractivity contribution in [2.75, 3.05) is 19.5 Å². The van der Waals surface area contributed by atoms with Crippen molar-refractivity contribution in [2.24, 2.45) is 0 Å². The summed E-state index contributed by atoms with van der Waals surface area (Å²) >= 11 is 4.81. The van der Waals surface area contributed by atoms with Gasteiger partial charge in [-0.25, -0.2) is 4.98 Å². The molecule has 0 bridgehead atoms. The number of amides is 1. The number of rotatable bonds is 6. The zero-order chi connectivity index (χ0) is 18.5. The van der Waals surface area contributed by atoms with E-state index >= 15 is 0 Å². The average Bonchev–Trinajstić information content (AvgIpc) is 3.11. The van der Waals surface area contributed by atoms with E-state index in [-0.39, 0.29) is 12.3 Å². The Morgan fingerprint density at radius 2 is 1.92 bits per heavy atom. The summed E-state index contributed by atoms with van der Waals surface area (Å²) in [5.41, 5.74) is 2.62. The Morgan fingerprint density at radius 1 is 1.15 bits per heavy atom. The number of ether oxygens (including phenoxy) is 2. The topological polar surface area (TPSA) is 60.5 Å². The molecule has 0 aliphatic heterocycles. The Balaban J connectivity index is 1.68. The molecule has 26 heavy (non-hydrogen) atoms. The fraction of sp³-hybridized carbons (Fsp3) is 0.158. The molecule has 0 aliphatic carbocycles. The van der Waals surface area contributed by atoms with Gasteiger partial charge >= 0.3 is 0 Å². The van der Waals surface area contributed by atoms with Crippen LogP contribution >= 0.6 is 27.3 Å². The highest BCUT2D eigenvalue weighted by molar-refractivity contribution is 9.10. The number of methoxy groups -OCH3 is 2. The molecular formula is C19H17BrN2O3S. The molecule has 7 heteroatoms. The summed E-state index contributed by atoms with van der Waals surface area (Å²) in [5, 5.41) is 5.34. The first-order valence-electron chi connectivity index (χ1n) is 7.81. The summed E-state index contributed by atoms with van der Waals surface area (Å²) in [6.45, 7) is 0. The van der Waals surface area contributed by atoms with Crippen molar-refractivity contribution < 1.29 is 14.3 Å². The molecule has 5 nitrogen and oxygen atoms in total. The number of anilines is 1. The number of carbonyl (C=O) groups excluding carboxylic acids is 1. The lowest BCUT2D eigenvalue weighted by atomic mass is 10.1. The second-order valence-electron chi connectivity index (χ2n) is 5.45. The van der Waals surface area contributed by atoms with Crippen molar-refractivity contribution >= 4 is 38.3 Å². The maximum atomic E-state index is 12.4. The predicted octanol–water partition coefficient (Wildman–Crippen LogP) is 4.77. The maximum Gasteiger partial charge on any atom is 0.230 e. The maximum absolute atomic E-state index is 12.4. The minimum Gasteiger partial charge on any atom is -0.497 e. The number of nitrogens with zero attached hydrogens (tertiary/aromatic N) is 1. The van der Waals surface area contributed by atoms with Crippen LogP contribution in [-0.2, 0) is 11.2 Å². The molecule has 0 atom stereocenters. The molecule has 1 amide bonds. The Bertz CT molecular complexity index is 909. The summed E-state index contributed by atoms with van der Waals surface area (Å²) < 4.78 is 11.5. The SMILES string of the molecule is COc1ccc(CC(=O)Nc2nc(-c3ccc(Br)cc3)cs2)c(OC)c1. The van der Waals surface area contributed by atoms with Crippen LogP contribution in [0.1, 0.15) is 5.56 Å². The molecule has 0 unspecified atom stereocenters. The van der Waals surface area contributed by atoms with Gasteiger partial charge in [0.05, 0.1) is 26.3 Å². The molecule has 0 aliphatic rings. The van der Waals surface area contributed by atoms with Crippen LogP contribution in [0.2, 0.25) is 0 Å². The molecule has 2 aromatic carbocycles. The fourth-order valence-electron chi connectivity index (χ4n) is 2.42. The third-order valence-corrected chi connectivity index (χ3v) is 5.02. The van der Waals surface area contributed by atoms with E-state index in [2.05, 4.69) is 26.2 Å². The zero-order valence-electron chi connectivity index (χ0n) is 14.3. The van der Waals surface area contributed by atoms with Gasteiger partial charge in [0, 0.05) is 27.0 Å². The van der Waals surface area contributed by atoms with Gasteiger partial charge in [-0.3, -0.25) is 4.79 Å². The molecule has 0 fully saturated rings. The third-order valence-electron chi connectivity index (χ3n) is 3.74. The van der Waals surface area contributed by atoms with Crippen LogP contribution in [0.5, 0.6) is 11.5 Å². The van der Waals surface area contributed by atoms with Gasteiger partial charge in [0.25, 0.3) is 0 Å². The highest BCUT2D eigenvalue weighted by Gasteiger charge is 2.12. The molecule has 1 heterocycles. The van der Waals surface area contributed by atoms with Crippen LogP contribution in [0.15, 0.2) is 52.3 Å². The van der Waals surface area contributed by atoms with E-state index in [4.69, 9.17) is 9.47 Å². The monoisotopic (exact) mass is 432 g/mol. The number of thiazole rings is 1. The quantitative estimate of drug-likeness (QED) is 0.609. The molecule has 0 spiro atoms. The Hall–Kier alpha value is -2.38. The number of benzene rings is 2. The second kappa shape index (κ2) is 8.33. The summed E-state index contributed by atoms with van der Waals surface area (Å²) in [6.07, 6.45) is 0.195. The van der Waals surface area contributed by atoms with E-state index in [0.717, 1.165) is 21.3 Å². The van der Waals surface area contributed by atoms with Crippen molar-refractivity contribution in [3.63, 3.8) is 0 Å². The van der Waals surface area contributed by atoms with Crippen LogP contribution in [-0.4, -0.2) is 25.1 Å². The first kappa shape index (κ1) is 18.4. The van der Waals surface area contributed by atoms with E-state index in [1.54, 1.807) is 26.4 Å². The normalized spacial score (nSPS) is 10.4. The summed E-state index contributed by atoms with van der Waals surface area (Å²) in [6, 6.07) is 13.3. The van der Waals surface area contributed by atoms with Gasteiger partial charge in [-0.05, 0) is 18.2 Å². The first-order valence-corrected chi connectivity index (χ1v) is 9.48. The van der Waals surface area contributed by atoms with Crippen molar-refractivity contribution in [3.05, 3.63) is 57.9 Å². The van der Waals surface area contributed by atoms with Crippen molar-refractivity contribution in [1.29, 1.82) is 0 Å². The number of hydrogen-bond acceptors (Lipinski definition) is 5.